The largest absolute Gasteiger partial charge is 0.334 e. The lowest BCUT2D eigenvalue weighted by molar-refractivity contribution is 0.195. The van der Waals surface area contributed by atoms with Crippen molar-refractivity contribution in [3.8, 4) is 0 Å². The third-order valence-electron chi connectivity index (χ3n) is 18.3. The van der Waals surface area contributed by atoms with Crippen LogP contribution in [0.4, 0.5) is 45.5 Å². The van der Waals surface area contributed by atoms with Crippen molar-refractivity contribution >= 4 is 68.6 Å². The fourth-order valence-corrected chi connectivity index (χ4v) is 13.8. The van der Waals surface area contributed by atoms with Crippen molar-refractivity contribution in [2.24, 2.45) is 0 Å². The standard InChI is InChI=1S/C71H76BN3/c1-47-41-64-66-65(42-47)74(55-33-28-52(29-34-55)68(5,6)7)63-46-56(35-36-59(63)72(66)60-45-53(69(8,9)10)30-38-62(60)73(64)54-31-26-51(27-32-54)67(2,3)4)75-61-37-25-50(44-58(61)70(11)39-19-20-40-71(70,75)12)57(49-23-17-14-18-24-49)43-48-21-15-13-16-22-48/h13-18,21-38,41-42,44-46,57H,19-20,39-40,43H2,1-12H3. The molecule has 75 heavy (non-hydrogen) atoms. The van der Waals surface area contributed by atoms with Gasteiger partial charge in [0, 0.05) is 56.8 Å². The Kier molecular flexibility index (Phi) is 11.6. The Morgan fingerprint density at radius 1 is 0.467 bits per heavy atom. The van der Waals surface area contributed by atoms with Crippen LogP contribution in [0.1, 0.15) is 152 Å². The molecule has 8 aromatic rings. The van der Waals surface area contributed by atoms with Crippen molar-refractivity contribution in [3.63, 3.8) is 0 Å². The normalized spacial score (nSPS) is 19.3. The highest BCUT2D eigenvalue weighted by molar-refractivity contribution is 7.00. The second-order valence-electron chi connectivity index (χ2n) is 26.3. The molecule has 0 spiro atoms. The minimum atomic E-state index is -0.125. The second kappa shape index (κ2) is 17.7. The number of hydrogen-bond donors (Lipinski definition) is 0. The number of benzene rings is 8. The lowest BCUT2D eigenvalue weighted by Crippen LogP contribution is -2.61. The summed E-state index contributed by atoms with van der Waals surface area (Å²) in [5.74, 6) is 0.248. The van der Waals surface area contributed by atoms with Gasteiger partial charge in [-0.2, -0.15) is 0 Å². The molecular weight excluding hydrogens is 906 g/mol. The van der Waals surface area contributed by atoms with Crippen molar-refractivity contribution in [2.45, 2.75) is 148 Å². The third kappa shape index (κ3) is 8.07. The first-order valence-electron chi connectivity index (χ1n) is 28.0. The Bertz CT molecular complexity index is 3460. The summed E-state index contributed by atoms with van der Waals surface area (Å²) >= 11 is 0. The molecule has 1 fully saturated rings. The summed E-state index contributed by atoms with van der Waals surface area (Å²) in [6, 6.07) is 68.7. The van der Waals surface area contributed by atoms with Crippen molar-refractivity contribution in [1.82, 2.24) is 0 Å². The van der Waals surface area contributed by atoms with Gasteiger partial charge in [-0.15, -0.1) is 0 Å². The molecule has 3 heterocycles. The van der Waals surface area contributed by atoms with E-state index in [-0.39, 0.29) is 39.8 Å². The van der Waals surface area contributed by atoms with Crippen LogP contribution in [0.15, 0.2) is 176 Å². The molecule has 0 aromatic heterocycles. The van der Waals surface area contributed by atoms with Crippen LogP contribution in [-0.2, 0) is 28.1 Å². The van der Waals surface area contributed by atoms with Gasteiger partial charge in [-0.3, -0.25) is 0 Å². The Morgan fingerprint density at radius 2 is 1.00 bits per heavy atom. The molecule has 378 valence electrons. The lowest BCUT2D eigenvalue weighted by Gasteiger charge is -2.50. The first-order chi connectivity index (χ1) is 35.7. The molecule has 1 saturated carbocycles. The minimum Gasteiger partial charge on any atom is -0.334 e. The van der Waals surface area contributed by atoms with Crippen LogP contribution < -0.4 is 31.1 Å². The monoisotopic (exact) mass is 982 g/mol. The highest BCUT2D eigenvalue weighted by atomic mass is 15.3. The van der Waals surface area contributed by atoms with E-state index in [0.717, 1.165) is 12.8 Å². The minimum absolute atomic E-state index is 0.0237. The molecular formula is C71H76BN3. The first-order valence-corrected chi connectivity index (χ1v) is 28.0. The molecule has 3 aliphatic heterocycles. The number of rotatable bonds is 7. The number of fused-ring (bicyclic) bond motifs is 7. The highest BCUT2D eigenvalue weighted by Gasteiger charge is 2.58. The third-order valence-corrected chi connectivity index (χ3v) is 18.3. The number of anilines is 8. The molecule has 0 amide bonds. The van der Waals surface area contributed by atoms with E-state index >= 15 is 0 Å². The van der Waals surface area contributed by atoms with E-state index in [1.54, 1.807) is 0 Å². The first kappa shape index (κ1) is 49.1. The summed E-state index contributed by atoms with van der Waals surface area (Å²) in [6.45, 7) is 28.4. The van der Waals surface area contributed by atoms with E-state index in [9.17, 15) is 0 Å². The average molecular weight is 982 g/mol. The molecule has 1 aliphatic carbocycles. The van der Waals surface area contributed by atoms with Crippen molar-refractivity contribution < 1.29 is 0 Å². The maximum absolute atomic E-state index is 2.80. The van der Waals surface area contributed by atoms with E-state index in [1.165, 1.54) is 126 Å². The summed E-state index contributed by atoms with van der Waals surface area (Å²) in [5.41, 5.74) is 25.0. The molecule has 4 aliphatic rings. The SMILES string of the molecule is Cc1cc2c3c(c1)N(c1ccc(C(C)(C)C)cc1)c1cc(N4c5ccc(C(Cc6ccccc6)c6ccccc6)cc5C5(C)CCCCC45C)ccc1B3c1cc(C(C)(C)C)ccc1N2c1ccc(C(C)(C)C)cc1. The molecule has 3 unspecified atom stereocenters. The van der Waals surface area contributed by atoms with Gasteiger partial charge in [0.1, 0.15) is 0 Å². The van der Waals surface area contributed by atoms with Crippen molar-refractivity contribution in [1.29, 1.82) is 0 Å². The fourth-order valence-electron chi connectivity index (χ4n) is 13.8. The summed E-state index contributed by atoms with van der Waals surface area (Å²) in [5, 5.41) is 0. The second-order valence-corrected chi connectivity index (χ2v) is 26.3. The van der Waals surface area contributed by atoms with Crippen LogP contribution in [0.25, 0.3) is 0 Å². The molecule has 3 atom stereocenters. The zero-order chi connectivity index (χ0) is 52.4. The lowest BCUT2D eigenvalue weighted by atomic mass is 9.33. The van der Waals surface area contributed by atoms with Crippen LogP contribution >= 0.6 is 0 Å². The molecule has 12 rings (SSSR count). The van der Waals surface area contributed by atoms with Gasteiger partial charge in [0.05, 0.1) is 5.54 Å². The van der Waals surface area contributed by atoms with E-state index in [0.29, 0.717) is 0 Å². The number of nitrogens with zero attached hydrogens (tertiary/aromatic N) is 3. The molecule has 0 N–H and O–H groups in total. The van der Waals surface area contributed by atoms with E-state index in [1.807, 2.05) is 0 Å². The van der Waals surface area contributed by atoms with Crippen LogP contribution in [0.3, 0.4) is 0 Å². The molecule has 0 bridgehead atoms. The van der Waals surface area contributed by atoms with Crippen molar-refractivity contribution in [3.05, 3.63) is 220 Å². The van der Waals surface area contributed by atoms with Gasteiger partial charge in [-0.1, -0.05) is 197 Å². The summed E-state index contributed by atoms with van der Waals surface area (Å²) < 4.78 is 0. The Hall–Kier alpha value is -6.78. The van der Waals surface area contributed by atoms with E-state index in [2.05, 4.69) is 274 Å². The quantitative estimate of drug-likeness (QED) is 0.147. The predicted octanol–water partition coefficient (Wildman–Crippen LogP) is 17.1. The average Bonchev–Trinajstić information content (AvgIpc) is 3.66. The van der Waals surface area contributed by atoms with Crippen LogP contribution in [0.5, 0.6) is 0 Å². The molecule has 0 saturated heterocycles. The molecule has 0 radical (unpaired) electrons. The zero-order valence-corrected chi connectivity index (χ0v) is 46.8. The van der Waals surface area contributed by atoms with E-state index < -0.39 is 0 Å². The molecule has 4 heteroatoms. The summed E-state index contributed by atoms with van der Waals surface area (Å²) in [4.78, 5) is 8.00. The van der Waals surface area contributed by atoms with Crippen LogP contribution in [0, 0.1) is 6.92 Å². The van der Waals surface area contributed by atoms with Gasteiger partial charge < -0.3 is 14.7 Å². The van der Waals surface area contributed by atoms with Gasteiger partial charge in [0.2, 0.25) is 0 Å². The topological polar surface area (TPSA) is 9.72 Å². The van der Waals surface area contributed by atoms with Gasteiger partial charge in [-0.25, -0.2) is 0 Å². The van der Waals surface area contributed by atoms with Gasteiger partial charge in [0.15, 0.2) is 0 Å². The maximum Gasteiger partial charge on any atom is 0.252 e. The number of hydrogen-bond acceptors (Lipinski definition) is 3. The molecule has 8 aromatic carbocycles. The molecule has 3 nitrogen and oxygen atoms in total. The van der Waals surface area contributed by atoms with E-state index in [4.69, 9.17) is 0 Å². The smallest absolute Gasteiger partial charge is 0.252 e. The maximum atomic E-state index is 2.80. The van der Waals surface area contributed by atoms with Crippen LogP contribution in [-0.4, -0.2) is 12.3 Å². The van der Waals surface area contributed by atoms with Gasteiger partial charge >= 0.3 is 0 Å². The van der Waals surface area contributed by atoms with Crippen molar-refractivity contribution in [2.75, 3.05) is 14.7 Å². The Morgan fingerprint density at radius 3 is 1.60 bits per heavy atom. The Labute approximate surface area is 449 Å². The summed E-state index contributed by atoms with van der Waals surface area (Å²) in [7, 11) is 0. The van der Waals surface area contributed by atoms with Gasteiger partial charge in [0.25, 0.3) is 6.71 Å². The Balaban J connectivity index is 1.08. The number of aryl methyl sites for hydroxylation is 1. The van der Waals surface area contributed by atoms with Gasteiger partial charge in [-0.05, 0) is 171 Å². The fraction of sp³-hybridized carbons (Fsp3) is 0.324. The predicted molar refractivity (Wildman–Crippen MR) is 323 cm³/mol. The van der Waals surface area contributed by atoms with Crippen LogP contribution in [0.2, 0.25) is 0 Å². The zero-order valence-electron chi connectivity index (χ0n) is 46.8. The highest BCUT2D eigenvalue weighted by Crippen LogP contribution is 2.62. The summed E-state index contributed by atoms with van der Waals surface area (Å²) in [6.07, 6.45) is 5.73.